The van der Waals surface area contributed by atoms with Gasteiger partial charge in [0.05, 0.1) is 5.56 Å². The van der Waals surface area contributed by atoms with Gasteiger partial charge in [-0.15, -0.1) is 11.8 Å². The Morgan fingerprint density at radius 3 is 2.35 bits per heavy atom. The van der Waals surface area contributed by atoms with E-state index >= 15 is 0 Å². The van der Waals surface area contributed by atoms with Gasteiger partial charge < -0.3 is 26.3 Å². The minimum Gasteiger partial charge on any atom is -0.477 e. The molecule has 1 unspecified atom stereocenters. The zero-order chi connectivity index (χ0) is 34.5. The number of thioether (sulfide) groups is 1. The van der Waals surface area contributed by atoms with Crippen LogP contribution in [0.15, 0.2) is 41.0 Å². The van der Waals surface area contributed by atoms with Crippen LogP contribution in [0, 0.1) is 0 Å². The Morgan fingerprint density at radius 1 is 1.08 bits per heavy atom. The van der Waals surface area contributed by atoms with Crippen LogP contribution in [-0.4, -0.2) is 79.1 Å². The van der Waals surface area contributed by atoms with E-state index in [0.29, 0.717) is 23.4 Å². The predicted molar refractivity (Wildman–Crippen MR) is 183 cm³/mol. The molecule has 0 saturated carbocycles. The van der Waals surface area contributed by atoms with Crippen LogP contribution in [0.25, 0.3) is 0 Å². The number of carbonyl (C=O) groups is 4. The van der Waals surface area contributed by atoms with E-state index in [-0.39, 0.29) is 41.4 Å². The number of pyridine rings is 1. The summed E-state index contributed by atoms with van der Waals surface area (Å²) >= 11 is 2.23. The monoisotopic (exact) mass is 701 g/mol. The van der Waals surface area contributed by atoms with Gasteiger partial charge in [0.2, 0.25) is 11.5 Å². The van der Waals surface area contributed by atoms with Crippen LogP contribution in [0.3, 0.4) is 0 Å². The Bertz CT molecular complexity index is 1500. The van der Waals surface area contributed by atoms with Gasteiger partial charge in [-0.2, -0.15) is 9.36 Å². The van der Waals surface area contributed by atoms with Gasteiger partial charge >= 0.3 is 5.97 Å². The Hall–Kier alpha value is -4.05. The molecule has 260 valence electrons. The average molecular weight is 702 g/mol. The number of nitrogens with two attached hydrogens (primary N) is 1. The second kappa shape index (κ2) is 18.5. The van der Waals surface area contributed by atoms with Crippen LogP contribution >= 0.6 is 23.3 Å². The molecule has 2 aromatic rings. The second-order valence-electron chi connectivity index (χ2n) is 11.6. The van der Waals surface area contributed by atoms with E-state index in [9.17, 15) is 24.3 Å². The first-order valence-electron chi connectivity index (χ1n) is 16.5. The molecular formula is C32H45N8O6S2+. The number of nitrogen functional groups attached to an aromatic ring is 1. The molecule has 5 N–H and O–H groups in total. The number of nitrogens with zero attached hydrogens (tertiary/aromatic N) is 5. The van der Waals surface area contributed by atoms with Gasteiger partial charge in [-0.25, -0.2) is 9.36 Å². The van der Waals surface area contributed by atoms with Crippen molar-refractivity contribution in [3.05, 3.63) is 47.2 Å². The number of oxime groups is 1. The van der Waals surface area contributed by atoms with Crippen molar-refractivity contribution in [2.45, 2.75) is 96.0 Å². The van der Waals surface area contributed by atoms with E-state index in [2.05, 4.69) is 32.1 Å². The van der Waals surface area contributed by atoms with Crippen molar-refractivity contribution in [2.75, 3.05) is 24.6 Å². The number of carbonyl (C=O) groups excluding carboxylic acids is 3. The smallest absolute Gasteiger partial charge is 0.352 e. The lowest BCUT2D eigenvalue weighted by molar-refractivity contribution is -0.689. The number of hydrogen-bond donors (Lipinski definition) is 4. The minimum atomic E-state index is -1.24. The van der Waals surface area contributed by atoms with Gasteiger partial charge in [0, 0.05) is 41.5 Å². The molecule has 1 fully saturated rings. The van der Waals surface area contributed by atoms with Gasteiger partial charge in [-0.3, -0.25) is 19.3 Å². The maximum absolute atomic E-state index is 13.2. The Kier molecular flexibility index (Phi) is 14.2. The molecule has 2 atom stereocenters. The molecule has 14 nitrogen and oxygen atoms in total. The van der Waals surface area contributed by atoms with E-state index in [1.54, 1.807) is 36.0 Å². The molecule has 3 amide bonds. The number of rotatable bonds is 20. The van der Waals surface area contributed by atoms with Crippen molar-refractivity contribution in [1.82, 2.24) is 24.9 Å². The number of fused-ring (bicyclic) bond motifs is 1. The number of nitrogens with one attached hydrogen (secondary N) is 2. The first-order valence-corrected chi connectivity index (χ1v) is 18.3. The highest BCUT2D eigenvalue weighted by atomic mass is 32.2. The van der Waals surface area contributed by atoms with Crippen LogP contribution in [-0.2, 0) is 25.8 Å². The summed E-state index contributed by atoms with van der Waals surface area (Å²) in [5, 5.41) is 19.0. The van der Waals surface area contributed by atoms with Crippen LogP contribution in [0.2, 0.25) is 0 Å². The van der Waals surface area contributed by atoms with Crippen LogP contribution in [0.1, 0.15) is 94.2 Å². The van der Waals surface area contributed by atoms with Crippen LogP contribution in [0.4, 0.5) is 5.13 Å². The number of unbranched alkanes of at least 4 members (excludes halogenated alkanes) is 9. The topological polar surface area (TPSA) is 193 Å². The molecule has 0 aromatic carbocycles. The van der Waals surface area contributed by atoms with E-state index in [1.165, 1.54) is 68.0 Å². The van der Waals surface area contributed by atoms with Gasteiger partial charge in [0.15, 0.2) is 24.1 Å². The van der Waals surface area contributed by atoms with Crippen molar-refractivity contribution in [1.29, 1.82) is 0 Å². The summed E-state index contributed by atoms with van der Waals surface area (Å²) in [6.07, 6.45) is 15.8. The van der Waals surface area contributed by atoms with Gasteiger partial charge in [-0.1, -0.05) is 69.9 Å². The number of carboxylic acids is 1. The molecule has 4 rings (SSSR count). The van der Waals surface area contributed by atoms with Gasteiger partial charge in [0.25, 0.3) is 17.7 Å². The van der Waals surface area contributed by atoms with E-state index in [4.69, 9.17) is 10.6 Å². The molecule has 2 aliphatic rings. The van der Waals surface area contributed by atoms with Crippen molar-refractivity contribution in [2.24, 2.45) is 5.16 Å². The average Bonchev–Trinajstić information content (AvgIpc) is 3.51. The molecule has 16 heteroatoms. The van der Waals surface area contributed by atoms with Crippen LogP contribution < -0.4 is 20.9 Å². The standard InChI is InChI=1S/C32H44N8O6S2/c1-3-5-6-7-8-9-10-11-12-13-16-34-27(41)21-14-17-39(18-15-21)19-22-20-47-30-24(29(43)40(30)25(22)31(44)45)35-28(42)23(37-46-4-2)26-36-32(33)48-38-26/h14-15,17-18,24,30H,3-13,16,19-20H2,1-2H3,(H4-,33,34,35,36,38,41,42,44,45)/p+1/b37-23-/t24?,30-/m1/s1. The van der Waals surface area contributed by atoms with E-state index in [0.717, 1.165) is 24.4 Å². The Labute approximate surface area is 288 Å². The molecular weight excluding hydrogens is 657 g/mol. The normalized spacial score (nSPS) is 17.5. The highest BCUT2D eigenvalue weighted by Crippen LogP contribution is 2.40. The van der Waals surface area contributed by atoms with Crippen molar-refractivity contribution >= 4 is 57.8 Å². The fourth-order valence-corrected chi connectivity index (χ4v) is 7.28. The van der Waals surface area contributed by atoms with E-state index < -0.39 is 29.2 Å². The lowest BCUT2D eigenvalue weighted by Crippen LogP contribution is -2.71. The molecule has 0 spiro atoms. The molecule has 2 aliphatic heterocycles. The molecule has 0 aliphatic carbocycles. The van der Waals surface area contributed by atoms with Crippen LogP contribution in [0.5, 0.6) is 0 Å². The fourth-order valence-electron chi connectivity index (χ4n) is 5.51. The highest BCUT2D eigenvalue weighted by molar-refractivity contribution is 8.00. The lowest BCUT2D eigenvalue weighted by atomic mass is 10.0. The first kappa shape index (κ1) is 36.8. The molecule has 2 aromatic heterocycles. The SMILES string of the molecule is CCCCCCCCCCCCNC(=O)c1cc[n+](CC2=C(C(=O)O)N3C(=O)C(NC(=O)/C(=N\OCC)c4nsc(N)n4)[C@H]3SC2)cc1. The summed E-state index contributed by atoms with van der Waals surface area (Å²) in [4.78, 5) is 61.4. The maximum atomic E-state index is 13.2. The highest BCUT2D eigenvalue weighted by Gasteiger charge is 2.55. The summed E-state index contributed by atoms with van der Waals surface area (Å²) in [6, 6.07) is 2.41. The number of hydrogen-bond acceptors (Lipinski definition) is 11. The zero-order valence-electron chi connectivity index (χ0n) is 27.5. The summed E-state index contributed by atoms with van der Waals surface area (Å²) in [6.45, 7) is 4.95. The third kappa shape index (κ3) is 9.75. The predicted octanol–water partition coefficient (Wildman–Crippen LogP) is 3.24. The molecule has 0 radical (unpaired) electrons. The summed E-state index contributed by atoms with van der Waals surface area (Å²) in [7, 11) is 0. The molecule has 48 heavy (non-hydrogen) atoms. The fraction of sp³-hybridized carbons (Fsp3) is 0.562. The molecule has 0 bridgehead atoms. The minimum absolute atomic E-state index is 0.0357. The quantitative estimate of drug-likeness (QED) is 0.0524. The van der Waals surface area contributed by atoms with E-state index in [1.807, 2.05) is 0 Å². The van der Waals surface area contributed by atoms with Gasteiger partial charge in [0.1, 0.15) is 23.7 Å². The summed E-state index contributed by atoms with van der Waals surface area (Å²) in [5.74, 6) is -2.40. The largest absolute Gasteiger partial charge is 0.477 e. The Balaban J connectivity index is 1.28. The van der Waals surface area contributed by atoms with Gasteiger partial charge in [-0.05, 0) is 13.3 Å². The van der Waals surface area contributed by atoms with Crippen molar-refractivity contribution in [3.63, 3.8) is 0 Å². The third-order valence-corrected chi connectivity index (χ3v) is 9.91. The number of β-lactam (4-membered cyclic amide) rings is 1. The summed E-state index contributed by atoms with van der Waals surface area (Å²) in [5.41, 5.74) is 6.35. The number of anilines is 1. The molecule has 1 saturated heterocycles. The van der Waals surface area contributed by atoms with Crippen molar-refractivity contribution in [3.8, 4) is 0 Å². The maximum Gasteiger partial charge on any atom is 0.352 e. The second-order valence-corrected chi connectivity index (χ2v) is 13.5. The summed E-state index contributed by atoms with van der Waals surface area (Å²) < 4.78 is 5.77. The number of aromatic nitrogens is 3. The van der Waals surface area contributed by atoms with Crippen molar-refractivity contribution < 1.29 is 33.7 Å². The number of aliphatic carboxylic acids is 1. The lowest BCUT2D eigenvalue weighted by Gasteiger charge is -2.49. The number of carboxylic acid groups (broad SMARTS) is 1. The molecule has 4 heterocycles. The Morgan fingerprint density at radius 2 is 1.75 bits per heavy atom. The first-order chi connectivity index (χ1) is 23.2. The number of amides is 3. The third-order valence-electron chi connectivity index (χ3n) is 8.03. The zero-order valence-corrected chi connectivity index (χ0v) is 29.1.